The Kier molecular flexibility index (Phi) is 5.37. The summed E-state index contributed by atoms with van der Waals surface area (Å²) in [6.07, 6.45) is 3.78. The van der Waals surface area contributed by atoms with E-state index in [1.54, 1.807) is 7.11 Å². The number of nitrogens with zero attached hydrogens (tertiary/aromatic N) is 2. The molecule has 5 rings (SSSR count). The van der Waals surface area contributed by atoms with E-state index in [2.05, 4.69) is 4.90 Å². The van der Waals surface area contributed by atoms with E-state index in [0.29, 0.717) is 31.7 Å². The summed E-state index contributed by atoms with van der Waals surface area (Å²) in [4.78, 5) is 32.0. The van der Waals surface area contributed by atoms with E-state index in [1.165, 1.54) is 4.73 Å². The van der Waals surface area contributed by atoms with Gasteiger partial charge in [-0.25, -0.2) is 9.59 Å². The van der Waals surface area contributed by atoms with Crippen molar-refractivity contribution in [2.45, 2.75) is 38.1 Å². The number of carbonyl (C=O) groups is 2. The third-order valence-corrected chi connectivity index (χ3v) is 6.37. The van der Waals surface area contributed by atoms with E-state index < -0.39 is 23.8 Å². The molecule has 2 aromatic rings. The zero-order valence-corrected chi connectivity index (χ0v) is 18.7. The van der Waals surface area contributed by atoms with Crippen LogP contribution in [0.4, 0.5) is 0 Å². The predicted molar refractivity (Wildman–Crippen MR) is 118 cm³/mol. The van der Waals surface area contributed by atoms with Crippen LogP contribution in [0, 0.1) is 0 Å². The third-order valence-electron chi connectivity index (χ3n) is 6.37. The molecule has 33 heavy (non-hydrogen) atoms. The molecule has 2 aliphatic heterocycles. The lowest BCUT2D eigenvalue weighted by atomic mass is 9.80. The molecule has 0 bridgehead atoms. The van der Waals surface area contributed by atoms with Crippen LogP contribution >= 0.6 is 0 Å². The number of carbonyl (C=O) groups excluding carboxylic acids is 2. The van der Waals surface area contributed by atoms with Gasteiger partial charge in [0.1, 0.15) is 5.72 Å². The van der Waals surface area contributed by atoms with Gasteiger partial charge in [0.2, 0.25) is 5.88 Å². The SMILES string of the molecule is COCCOC(C)(C)N1CC(O)C=C2c3cccc4c3c(c3n4OC(=O)/C=C\C(=O)O3)CC21. The number of methoxy groups -OCH3 is 1. The summed E-state index contributed by atoms with van der Waals surface area (Å²) in [6.45, 7) is 5.17. The van der Waals surface area contributed by atoms with Gasteiger partial charge in [-0.3, -0.25) is 4.90 Å². The van der Waals surface area contributed by atoms with Gasteiger partial charge in [0, 0.05) is 42.8 Å². The first-order valence-corrected chi connectivity index (χ1v) is 10.9. The number of hydrogen-bond donors (Lipinski definition) is 1. The molecule has 9 nitrogen and oxygen atoms in total. The second-order valence-electron chi connectivity index (χ2n) is 8.79. The van der Waals surface area contributed by atoms with Crippen molar-refractivity contribution in [3.8, 4) is 5.88 Å². The minimum atomic E-state index is -0.699. The second kappa shape index (κ2) is 8.11. The maximum atomic E-state index is 12.3. The fourth-order valence-electron chi connectivity index (χ4n) is 4.98. The van der Waals surface area contributed by atoms with Crippen molar-refractivity contribution in [3.63, 3.8) is 0 Å². The van der Waals surface area contributed by atoms with Crippen LogP contribution < -0.4 is 9.57 Å². The Morgan fingerprint density at radius 1 is 1.18 bits per heavy atom. The van der Waals surface area contributed by atoms with Crippen LogP contribution in [-0.2, 0) is 25.5 Å². The Balaban J connectivity index is 1.64. The number of aliphatic hydroxyl groups excluding tert-OH is 1. The molecule has 0 amide bonds. The molecule has 2 unspecified atom stereocenters. The first-order valence-electron chi connectivity index (χ1n) is 10.9. The molecule has 3 aliphatic rings. The van der Waals surface area contributed by atoms with Crippen LogP contribution in [0.1, 0.15) is 25.0 Å². The normalized spacial score (nSPS) is 23.7. The first-order chi connectivity index (χ1) is 15.8. The van der Waals surface area contributed by atoms with E-state index in [1.807, 2.05) is 38.1 Å². The topological polar surface area (TPSA) is 99.5 Å². The number of benzene rings is 1. The Hall–Kier alpha value is -2.98. The summed E-state index contributed by atoms with van der Waals surface area (Å²) >= 11 is 0. The molecule has 9 heteroatoms. The maximum absolute atomic E-state index is 12.3. The maximum Gasteiger partial charge on any atom is 0.356 e. The Labute approximate surface area is 190 Å². The van der Waals surface area contributed by atoms with Crippen molar-refractivity contribution in [1.29, 1.82) is 0 Å². The number of rotatable bonds is 5. The van der Waals surface area contributed by atoms with Gasteiger partial charge < -0.3 is 24.2 Å². The number of hydrogen-bond acceptors (Lipinski definition) is 8. The monoisotopic (exact) mass is 454 g/mol. The molecular formula is C24H26N2O7. The van der Waals surface area contributed by atoms with Gasteiger partial charge in [0.25, 0.3) is 0 Å². The fraction of sp³-hybridized carbons (Fsp3) is 0.417. The summed E-state index contributed by atoms with van der Waals surface area (Å²) in [7, 11) is 1.62. The van der Waals surface area contributed by atoms with Gasteiger partial charge in [-0.05, 0) is 43.5 Å². The lowest BCUT2D eigenvalue weighted by molar-refractivity contribution is -0.157. The molecule has 1 aromatic carbocycles. The number of aromatic nitrogens is 1. The molecule has 174 valence electrons. The summed E-state index contributed by atoms with van der Waals surface area (Å²) in [6, 6.07) is 5.49. The summed E-state index contributed by atoms with van der Waals surface area (Å²) in [5, 5.41) is 11.5. The van der Waals surface area contributed by atoms with E-state index in [0.717, 1.165) is 34.2 Å². The minimum Gasteiger partial charge on any atom is -0.403 e. The van der Waals surface area contributed by atoms with Crippen LogP contribution in [0.5, 0.6) is 5.88 Å². The molecule has 1 aromatic heterocycles. The average Bonchev–Trinajstić information content (AvgIpc) is 3.04. The highest BCUT2D eigenvalue weighted by atomic mass is 16.7. The summed E-state index contributed by atoms with van der Waals surface area (Å²) < 4.78 is 18.1. The zero-order chi connectivity index (χ0) is 23.3. The van der Waals surface area contributed by atoms with Gasteiger partial charge >= 0.3 is 11.9 Å². The lowest BCUT2D eigenvalue weighted by Crippen LogP contribution is -2.57. The molecule has 2 atom stereocenters. The van der Waals surface area contributed by atoms with Gasteiger partial charge in [-0.1, -0.05) is 12.1 Å². The van der Waals surface area contributed by atoms with Crippen molar-refractivity contribution in [2.24, 2.45) is 0 Å². The first kappa shape index (κ1) is 21.8. The summed E-state index contributed by atoms with van der Waals surface area (Å²) in [5.41, 5.74) is 2.55. The standard InChI is InChI=1S/C24H26N2O7/c1-24(2,31-10-9-30-3)25-13-14(27)11-16-15-5-4-6-18-22(15)17(12-19(16)25)23-26(18)33-21(29)8-7-20(28)32-23/h4-8,11,14,19,27H,9-10,12-13H2,1-3H3/b8-7-. The largest absolute Gasteiger partial charge is 0.403 e. The van der Waals surface area contributed by atoms with E-state index in [-0.39, 0.29) is 11.9 Å². The van der Waals surface area contributed by atoms with Crippen LogP contribution in [-0.4, -0.2) is 71.4 Å². The lowest BCUT2D eigenvalue weighted by Gasteiger charge is -2.48. The van der Waals surface area contributed by atoms with E-state index >= 15 is 0 Å². The number of aliphatic hydroxyl groups is 1. The van der Waals surface area contributed by atoms with Gasteiger partial charge in [-0.15, -0.1) is 4.73 Å². The Bertz CT molecular complexity index is 1190. The van der Waals surface area contributed by atoms with Crippen LogP contribution in [0.3, 0.4) is 0 Å². The molecule has 1 N–H and O–H groups in total. The molecule has 0 saturated carbocycles. The van der Waals surface area contributed by atoms with Gasteiger partial charge in [0.05, 0.1) is 24.8 Å². The highest BCUT2D eigenvalue weighted by Gasteiger charge is 2.44. The molecule has 0 radical (unpaired) electrons. The van der Waals surface area contributed by atoms with Crippen molar-refractivity contribution >= 4 is 28.4 Å². The molecule has 0 saturated heterocycles. The fourth-order valence-corrected chi connectivity index (χ4v) is 4.98. The van der Waals surface area contributed by atoms with Crippen LogP contribution in [0.2, 0.25) is 0 Å². The van der Waals surface area contributed by atoms with Gasteiger partial charge in [-0.2, -0.15) is 0 Å². The highest BCUT2D eigenvalue weighted by Crippen LogP contribution is 2.46. The number of esters is 1. The molecule has 3 heterocycles. The predicted octanol–water partition coefficient (Wildman–Crippen LogP) is 1.46. The van der Waals surface area contributed by atoms with Crippen LogP contribution in [0.25, 0.3) is 16.5 Å². The number of fused-ring (bicyclic) bond motifs is 5. The molecule has 0 fully saturated rings. The number of ether oxygens (including phenoxy) is 3. The van der Waals surface area contributed by atoms with Crippen molar-refractivity contribution < 1.29 is 33.7 Å². The Morgan fingerprint density at radius 3 is 2.76 bits per heavy atom. The van der Waals surface area contributed by atoms with E-state index in [9.17, 15) is 14.7 Å². The second-order valence-corrected chi connectivity index (χ2v) is 8.79. The minimum absolute atomic E-state index is 0.147. The van der Waals surface area contributed by atoms with E-state index in [4.69, 9.17) is 19.0 Å². The highest BCUT2D eigenvalue weighted by molar-refractivity contribution is 6.02. The van der Waals surface area contributed by atoms with Crippen molar-refractivity contribution in [2.75, 3.05) is 26.9 Å². The molecule has 0 spiro atoms. The molecular weight excluding hydrogens is 428 g/mol. The smallest absolute Gasteiger partial charge is 0.356 e. The number of β-amino-alcohol motifs (C(OH)–C–C–N with tert-alkyl or cyclic N) is 1. The zero-order valence-electron chi connectivity index (χ0n) is 18.7. The average molecular weight is 454 g/mol. The van der Waals surface area contributed by atoms with Crippen LogP contribution in [0.15, 0.2) is 36.4 Å². The summed E-state index contributed by atoms with van der Waals surface area (Å²) in [5.74, 6) is -1.11. The molecule has 1 aliphatic carbocycles. The Morgan fingerprint density at radius 2 is 1.97 bits per heavy atom. The van der Waals surface area contributed by atoms with Gasteiger partial charge in [0.15, 0.2) is 0 Å². The van der Waals surface area contributed by atoms with Crippen molar-refractivity contribution in [3.05, 3.63) is 47.6 Å². The third kappa shape index (κ3) is 3.67. The quantitative estimate of drug-likeness (QED) is 0.536. The van der Waals surface area contributed by atoms with Crippen molar-refractivity contribution in [1.82, 2.24) is 9.63 Å².